The van der Waals surface area contributed by atoms with Gasteiger partial charge in [-0.25, -0.2) is 4.79 Å². The molecule has 1 amide bonds. The molecule has 1 aliphatic rings. The Morgan fingerprint density at radius 1 is 1.52 bits per heavy atom. The molecule has 0 radical (unpaired) electrons. The van der Waals surface area contributed by atoms with Gasteiger partial charge >= 0.3 is 5.97 Å². The Labute approximate surface area is 127 Å². The molecule has 1 saturated heterocycles. The zero-order valence-electron chi connectivity index (χ0n) is 12.3. The molecule has 116 valence electrons. The number of nitrogens with one attached hydrogen (secondary N) is 1. The van der Waals surface area contributed by atoms with Crippen molar-refractivity contribution in [3.63, 3.8) is 0 Å². The van der Waals surface area contributed by atoms with Gasteiger partial charge in [-0.15, -0.1) is 0 Å². The molecule has 1 fully saturated rings. The number of hydrogen-bond acceptors (Lipinski definition) is 6. The van der Waals surface area contributed by atoms with Crippen LogP contribution in [0.25, 0.3) is 0 Å². The largest absolute Gasteiger partial charge is 0.478 e. The normalized spacial score (nSPS) is 21.5. The van der Waals surface area contributed by atoms with E-state index in [1.807, 2.05) is 6.92 Å². The summed E-state index contributed by atoms with van der Waals surface area (Å²) in [5, 5.41) is 12.9. The minimum atomic E-state index is -1.07. The van der Waals surface area contributed by atoms with Crippen LogP contribution in [0.4, 0.5) is 5.00 Å². The highest BCUT2D eigenvalue weighted by Crippen LogP contribution is 2.30. The number of ether oxygens (including phenoxy) is 1. The molecule has 2 rings (SSSR count). The summed E-state index contributed by atoms with van der Waals surface area (Å²) in [5.74, 6) is -1.52. The van der Waals surface area contributed by atoms with Gasteiger partial charge in [0.15, 0.2) is 0 Å². The van der Waals surface area contributed by atoms with Crippen LogP contribution in [-0.2, 0) is 9.53 Å². The third-order valence-corrected chi connectivity index (χ3v) is 4.57. The van der Waals surface area contributed by atoms with Crippen LogP contribution in [0.3, 0.4) is 0 Å². The molecule has 2 heterocycles. The lowest BCUT2D eigenvalue weighted by atomic mass is 10.0. The molecule has 0 saturated carbocycles. The standard InChI is InChI=1S/C13H19N3O4S/c1-4-14-9-6-20-5-8(9)11(17)16(3)12-10(13(18)19)7(2)15-21-12/h8-9,14H,4-6H2,1-3H3,(H,18,19). The lowest BCUT2D eigenvalue weighted by Crippen LogP contribution is -2.44. The summed E-state index contributed by atoms with van der Waals surface area (Å²) >= 11 is 1.03. The van der Waals surface area contributed by atoms with Crippen molar-refractivity contribution in [1.29, 1.82) is 0 Å². The third kappa shape index (κ3) is 3.07. The van der Waals surface area contributed by atoms with Gasteiger partial charge in [0.1, 0.15) is 10.6 Å². The van der Waals surface area contributed by atoms with Crippen molar-refractivity contribution in [2.45, 2.75) is 19.9 Å². The summed E-state index contributed by atoms with van der Waals surface area (Å²) in [6.07, 6.45) is 0. The van der Waals surface area contributed by atoms with Crippen LogP contribution in [0.1, 0.15) is 23.0 Å². The van der Waals surface area contributed by atoms with E-state index in [9.17, 15) is 14.7 Å². The number of amides is 1. The summed E-state index contributed by atoms with van der Waals surface area (Å²) in [7, 11) is 1.59. The zero-order chi connectivity index (χ0) is 15.6. The van der Waals surface area contributed by atoms with Gasteiger partial charge in [0.2, 0.25) is 5.91 Å². The summed E-state index contributed by atoms with van der Waals surface area (Å²) in [5.41, 5.74) is 0.517. The quantitative estimate of drug-likeness (QED) is 0.833. The summed E-state index contributed by atoms with van der Waals surface area (Å²) < 4.78 is 9.42. The Hall–Kier alpha value is -1.51. The topological polar surface area (TPSA) is 91.8 Å². The predicted octanol–water partition coefficient (Wildman–Crippen LogP) is 0.737. The summed E-state index contributed by atoms with van der Waals surface area (Å²) in [6.45, 7) is 5.19. The molecule has 2 atom stereocenters. The minimum Gasteiger partial charge on any atom is -0.478 e. The summed E-state index contributed by atoms with van der Waals surface area (Å²) in [6, 6.07) is -0.0350. The van der Waals surface area contributed by atoms with Gasteiger partial charge < -0.3 is 20.1 Å². The Morgan fingerprint density at radius 2 is 2.24 bits per heavy atom. The molecule has 1 aliphatic heterocycles. The van der Waals surface area contributed by atoms with Crippen LogP contribution in [0.2, 0.25) is 0 Å². The number of aryl methyl sites for hydroxylation is 1. The third-order valence-electron chi connectivity index (χ3n) is 3.56. The van der Waals surface area contributed by atoms with E-state index in [0.717, 1.165) is 18.1 Å². The van der Waals surface area contributed by atoms with Crippen LogP contribution in [-0.4, -0.2) is 54.2 Å². The van der Waals surface area contributed by atoms with E-state index >= 15 is 0 Å². The second-order valence-corrected chi connectivity index (χ2v) is 5.71. The molecule has 2 N–H and O–H groups in total. The van der Waals surface area contributed by atoms with Gasteiger partial charge in [-0.2, -0.15) is 4.37 Å². The van der Waals surface area contributed by atoms with Crippen LogP contribution in [0.15, 0.2) is 0 Å². The second kappa shape index (κ2) is 6.50. The van der Waals surface area contributed by atoms with Gasteiger partial charge in [0.25, 0.3) is 0 Å². The van der Waals surface area contributed by atoms with Crippen LogP contribution < -0.4 is 10.2 Å². The van der Waals surface area contributed by atoms with Gasteiger partial charge in [0, 0.05) is 13.1 Å². The minimum absolute atomic E-state index is 0.0350. The Bertz CT molecular complexity index is 546. The smallest absolute Gasteiger partial charge is 0.340 e. The molecule has 0 spiro atoms. The van der Waals surface area contributed by atoms with Crippen LogP contribution in [0, 0.1) is 12.8 Å². The van der Waals surface area contributed by atoms with Crippen molar-refractivity contribution < 1.29 is 19.4 Å². The monoisotopic (exact) mass is 313 g/mol. The first-order valence-corrected chi connectivity index (χ1v) is 7.53. The number of aromatic carboxylic acids is 1. The maximum absolute atomic E-state index is 12.6. The number of carbonyl (C=O) groups is 2. The molecule has 8 heteroatoms. The number of anilines is 1. The van der Waals surface area contributed by atoms with E-state index in [4.69, 9.17) is 4.74 Å². The maximum atomic E-state index is 12.6. The first-order valence-electron chi connectivity index (χ1n) is 6.75. The number of carboxylic acid groups (broad SMARTS) is 1. The highest BCUT2D eigenvalue weighted by molar-refractivity contribution is 7.11. The molecule has 0 aliphatic carbocycles. The fourth-order valence-corrected chi connectivity index (χ4v) is 3.30. The molecule has 0 bridgehead atoms. The SMILES string of the molecule is CCNC1COCC1C(=O)N(C)c1snc(C)c1C(=O)O. The van der Waals surface area contributed by atoms with E-state index in [0.29, 0.717) is 23.9 Å². The number of aromatic nitrogens is 1. The van der Waals surface area contributed by atoms with Crippen LogP contribution >= 0.6 is 11.5 Å². The first-order chi connectivity index (χ1) is 9.97. The molecule has 2 unspecified atom stereocenters. The van der Waals surface area contributed by atoms with Gasteiger partial charge in [0.05, 0.1) is 24.8 Å². The number of likely N-dealkylation sites (N-methyl/N-ethyl adjacent to an activating group) is 1. The molecular weight excluding hydrogens is 294 g/mol. The van der Waals surface area contributed by atoms with Crippen LogP contribution in [0.5, 0.6) is 0 Å². The number of carbonyl (C=O) groups excluding carboxylic acids is 1. The lowest BCUT2D eigenvalue weighted by Gasteiger charge is -2.23. The fraction of sp³-hybridized carbons (Fsp3) is 0.615. The van der Waals surface area contributed by atoms with Crippen molar-refractivity contribution in [1.82, 2.24) is 9.69 Å². The Balaban J connectivity index is 2.21. The van der Waals surface area contributed by atoms with E-state index in [1.165, 1.54) is 4.90 Å². The van der Waals surface area contributed by atoms with E-state index < -0.39 is 5.97 Å². The second-order valence-electron chi connectivity index (χ2n) is 4.96. The fourth-order valence-electron chi connectivity index (χ4n) is 2.44. The molecular formula is C13H19N3O4S. The average Bonchev–Trinajstić information content (AvgIpc) is 3.04. The van der Waals surface area contributed by atoms with Crippen molar-refractivity contribution in [3.05, 3.63) is 11.3 Å². The van der Waals surface area contributed by atoms with Crippen molar-refractivity contribution in [3.8, 4) is 0 Å². The molecule has 21 heavy (non-hydrogen) atoms. The van der Waals surface area contributed by atoms with E-state index in [-0.39, 0.29) is 23.4 Å². The lowest BCUT2D eigenvalue weighted by molar-refractivity contribution is -0.122. The molecule has 0 aromatic carbocycles. The first kappa shape index (κ1) is 15.9. The maximum Gasteiger partial charge on any atom is 0.340 e. The molecule has 1 aromatic rings. The Kier molecular flexibility index (Phi) is 4.92. The van der Waals surface area contributed by atoms with Gasteiger partial charge in [-0.3, -0.25) is 4.79 Å². The van der Waals surface area contributed by atoms with Gasteiger partial charge in [-0.05, 0) is 25.0 Å². The Morgan fingerprint density at radius 3 is 2.86 bits per heavy atom. The number of carboxylic acids is 1. The number of hydrogen-bond donors (Lipinski definition) is 2. The van der Waals surface area contributed by atoms with Crippen molar-refractivity contribution >= 4 is 28.4 Å². The van der Waals surface area contributed by atoms with Crippen molar-refractivity contribution in [2.75, 3.05) is 31.7 Å². The highest BCUT2D eigenvalue weighted by Gasteiger charge is 2.37. The van der Waals surface area contributed by atoms with E-state index in [1.54, 1.807) is 14.0 Å². The number of nitrogens with zero attached hydrogens (tertiary/aromatic N) is 2. The molecule has 7 nitrogen and oxygen atoms in total. The van der Waals surface area contributed by atoms with Gasteiger partial charge in [-0.1, -0.05) is 6.92 Å². The predicted molar refractivity (Wildman–Crippen MR) is 79.0 cm³/mol. The highest BCUT2D eigenvalue weighted by atomic mass is 32.1. The number of rotatable bonds is 5. The van der Waals surface area contributed by atoms with E-state index in [2.05, 4.69) is 9.69 Å². The summed E-state index contributed by atoms with van der Waals surface area (Å²) in [4.78, 5) is 25.3. The average molecular weight is 313 g/mol. The van der Waals surface area contributed by atoms with Crippen molar-refractivity contribution in [2.24, 2.45) is 5.92 Å². The zero-order valence-corrected chi connectivity index (χ0v) is 13.1. The molecule has 1 aromatic heterocycles.